The van der Waals surface area contributed by atoms with Crippen molar-refractivity contribution in [2.24, 2.45) is 0 Å². The lowest BCUT2D eigenvalue weighted by Crippen LogP contribution is -2.45. The lowest BCUT2D eigenvalue weighted by atomic mass is 9.99. The summed E-state index contributed by atoms with van der Waals surface area (Å²) in [6.07, 6.45) is 0.574. The molecule has 15 heavy (non-hydrogen) atoms. The van der Waals surface area contributed by atoms with Gasteiger partial charge in [0.15, 0.2) is 5.15 Å². The Morgan fingerprint density at radius 2 is 2.00 bits per heavy atom. The van der Waals surface area contributed by atoms with Crippen LogP contribution in [0.3, 0.4) is 0 Å². The Kier molecular flexibility index (Phi) is 4.26. The molecule has 1 rings (SSSR count). The van der Waals surface area contributed by atoms with Crippen LogP contribution in [-0.2, 0) is 0 Å². The van der Waals surface area contributed by atoms with Gasteiger partial charge in [0, 0.05) is 0 Å². The van der Waals surface area contributed by atoms with E-state index in [1.54, 1.807) is 12.1 Å². The highest BCUT2D eigenvalue weighted by Gasteiger charge is 2.26. The normalized spacial score (nSPS) is 11.5. The van der Waals surface area contributed by atoms with E-state index in [0.29, 0.717) is 17.4 Å². The minimum Gasteiger partial charge on any atom is -0.394 e. The molecule has 0 aliphatic heterocycles. The van der Waals surface area contributed by atoms with Crippen LogP contribution >= 0.6 is 11.6 Å². The van der Waals surface area contributed by atoms with Gasteiger partial charge < -0.3 is 15.5 Å². The second kappa shape index (κ2) is 5.25. The maximum Gasteiger partial charge on any atom is 0.151 e. The number of halogens is 1. The Morgan fingerprint density at radius 1 is 1.33 bits per heavy atom. The third kappa shape index (κ3) is 3.02. The minimum absolute atomic E-state index is 0.176. The predicted octanol–water partition coefficient (Wildman–Crippen LogP) is 0.675. The third-order valence-electron chi connectivity index (χ3n) is 2.31. The zero-order valence-corrected chi connectivity index (χ0v) is 9.20. The van der Waals surface area contributed by atoms with E-state index in [0.717, 1.165) is 0 Å². The summed E-state index contributed by atoms with van der Waals surface area (Å²) in [4.78, 5) is 0. The average Bonchev–Trinajstić information content (AvgIpc) is 2.29. The molecule has 0 atom stereocenters. The molecule has 0 saturated heterocycles. The van der Waals surface area contributed by atoms with Gasteiger partial charge in [0.1, 0.15) is 5.82 Å². The van der Waals surface area contributed by atoms with Crippen molar-refractivity contribution in [2.45, 2.75) is 18.9 Å². The Labute approximate surface area is 93.1 Å². The van der Waals surface area contributed by atoms with Gasteiger partial charge in [-0.05, 0) is 18.6 Å². The number of nitrogens with one attached hydrogen (secondary N) is 1. The molecule has 5 nitrogen and oxygen atoms in total. The monoisotopic (exact) mass is 231 g/mol. The Bertz CT molecular complexity index is 292. The summed E-state index contributed by atoms with van der Waals surface area (Å²) < 4.78 is 0. The maximum absolute atomic E-state index is 9.20. The van der Waals surface area contributed by atoms with Gasteiger partial charge in [0.05, 0.1) is 18.8 Å². The molecule has 1 aromatic rings. The van der Waals surface area contributed by atoms with E-state index in [4.69, 9.17) is 11.6 Å². The first-order valence-corrected chi connectivity index (χ1v) is 5.03. The molecule has 0 aliphatic rings. The SMILES string of the molecule is CCC(CO)(CO)Nc1ccc(Cl)nn1. The lowest BCUT2D eigenvalue weighted by Gasteiger charge is -2.29. The Hall–Kier alpha value is -0.910. The molecule has 0 spiro atoms. The van der Waals surface area contributed by atoms with Crippen molar-refractivity contribution in [1.82, 2.24) is 10.2 Å². The highest BCUT2D eigenvalue weighted by atomic mass is 35.5. The zero-order chi connectivity index (χ0) is 11.3. The van der Waals surface area contributed by atoms with E-state index in [-0.39, 0.29) is 13.2 Å². The first-order valence-electron chi connectivity index (χ1n) is 4.65. The van der Waals surface area contributed by atoms with Gasteiger partial charge in [0.25, 0.3) is 0 Å². The van der Waals surface area contributed by atoms with Crippen LogP contribution in [0.15, 0.2) is 12.1 Å². The first-order chi connectivity index (χ1) is 7.15. The summed E-state index contributed by atoms with van der Waals surface area (Å²) in [6, 6.07) is 3.23. The van der Waals surface area contributed by atoms with Crippen LogP contribution < -0.4 is 5.32 Å². The number of aliphatic hydroxyl groups is 2. The van der Waals surface area contributed by atoms with Gasteiger partial charge in [-0.3, -0.25) is 0 Å². The van der Waals surface area contributed by atoms with Gasteiger partial charge in [-0.2, -0.15) is 0 Å². The zero-order valence-electron chi connectivity index (χ0n) is 8.44. The van der Waals surface area contributed by atoms with Gasteiger partial charge in [-0.15, -0.1) is 10.2 Å². The molecular weight excluding hydrogens is 218 g/mol. The fraction of sp³-hybridized carbons (Fsp3) is 0.556. The Balaban J connectivity index is 2.78. The second-order valence-corrected chi connectivity index (χ2v) is 3.70. The van der Waals surface area contributed by atoms with Gasteiger partial charge in [0.2, 0.25) is 0 Å². The van der Waals surface area contributed by atoms with Crippen LogP contribution in [0, 0.1) is 0 Å². The summed E-state index contributed by atoms with van der Waals surface area (Å²) in [7, 11) is 0. The highest BCUT2D eigenvalue weighted by molar-refractivity contribution is 6.29. The predicted molar refractivity (Wildman–Crippen MR) is 57.9 cm³/mol. The second-order valence-electron chi connectivity index (χ2n) is 3.32. The Morgan fingerprint density at radius 3 is 2.40 bits per heavy atom. The summed E-state index contributed by atoms with van der Waals surface area (Å²) >= 11 is 5.58. The quantitative estimate of drug-likeness (QED) is 0.695. The first kappa shape index (κ1) is 12.2. The molecule has 0 aromatic carbocycles. The standard InChI is InChI=1S/C9H14ClN3O2/c1-2-9(5-14,6-15)11-8-4-3-7(10)12-13-8/h3-4,14-15H,2,5-6H2,1H3,(H,11,13). The number of aliphatic hydroxyl groups excluding tert-OH is 2. The number of anilines is 1. The van der Waals surface area contributed by atoms with Crippen molar-refractivity contribution in [3.05, 3.63) is 17.3 Å². The molecule has 1 heterocycles. The molecule has 0 radical (unpaired) electrons. The lowest BCUT2D eigenvalue weighted by molar-refractivity contribution is 0.132. The molecular formula is C9H14ClN3O2. The maximum atomic E-state index is 9.20. The van der Waals surface area contributed by atoms with Crippen molar-refractivity contribution in [3.63, 3.8) is 0 Å². The molecule has 0 fully saturated rings. The fourth-order valence-corrected chi connectivity index (χ4v) is 1.20. The van der Waals surface area contributed by atoms with Gasteiger partial charge in [-0.25, -0.2) is 0 Å². The number of hydrogen-bond donors (Lipinski definition) is 3. The summed E-state index contributed by atoms with van der Waals surface area (Å²) in [6.45, 7) is 1.51. The van der Waals surface area contributed by atoms with Crippen LogP contribution in [0.1, 0.15) is 13.3 Å². The van der Waals surface area contributed by atoms with E-state index in [1.165, 1.54) is 0 Å². The van der Waals surface area contributed by atoms with Crippen LogP contribution in [0.5, 0.6) is 0 Å². The van der Waals surface area contributed by atoms with Crippen molar-refractivity contribution in [1.29, 1.82) is 0 Å². The van der Waals surface area contributed by atoms with Crippen molar-refractivity contribution in [3.8, 4) is 0 Å². The molecule has 0 amide bonds. The van der Waals surface area contributed by atoms with Crippen LogP contribution in [0.2, 0.25) is 5.15 Å². The smallest absolute Gasteiger partial charge is 0.151 e. The van der Waals surface area contributed by atoms with Crippen LogP contribution in [0.4, 0.5) is 5.82 Å². The van der Waals surface area contributed by atoms with Crippen LogP contribution in [0.25, 0.3) is 0 Å². The van der Waals surface area contributed by atoms with E-state index < -0.39 is 5.54 Å². The molecule has 0 bridgehead atoms. The largest absolute Gasteiger partial charge is 0.394 e. The summed E-state index contributed by atoms with van der Waals surface area (Å²) in [5.41, 5.74) is -0.761. The minimum atomic E-state index is -0.761. The van der Waals surface area contributed by atoms with Gasteiger partial charge in [-0.1, -0.05) is 18.5 Å². The fourth-order valence-electron chi connectivity index (χ4n) is 1.10. The number of rotatable bonds is 5. The van der Waals surface area contributed by atoms with E-state index >= 15 is 0 Å². The topological polar surface area (TPSA) is 78.3 Å². The number of nitrogens with zero attached hydrogens (tertiary/aromatic N) is 2. The molecule has 1 aromatic heterocycles. The third-order valence-corrected chi connectivity index (χ3v) is 2.51. The van der Waals surface area contributed by atoms with Crippen molar-refractivity contribution in [2.75, 3.05) is 18.5 Å². The van der Waals surface area contributed by atoms with E-state index in [1.807, 2.05) is 6.92 Å². The number of hydrogen-bond acceptors (Lipinski definition) is 5. The molecule has 3 N–H and O–H groups in total. The summed E-state index contributed by atoms with van der Waals surface area (Å²) in [5, 5.41) is 29.1. The van der Waals surface area contributed by atoms with E-state index in [2.05, 4.69) is 15.5 Å². The average molecular weight is 232 g/mol. The van der Waals surface area contributed by atoms with Crippen molar-refractivity contribution >= 4 is 17.4 Å². The number of aromatic nitrogens is 2. The molecule has 0 aliphatic carbocycles. The molecule has 84 valence electrons. The van der Waals surface area contributed by atoms with Gasteiger partial charge >= 0.3 is 0 Å². The molecule has 0 unspecified atom stereocenters. The molecule has 0 saturated carbocycles. The molecule has 6 heteroatoms. The summed E-state index contributed by atoms with van der Waals surface area (Å²) in [5.74, 6) is 0.476. The van der Waals surface area contributed by atoms with Crippen LogP contribution in [-0.4, -0.2) is 39.2 Å². The highest BCUT2D eigenvalue weighted by Crippen LogP contribution is 2.16. The van der Waals surface area contributed by atoms with E-state index in [9.17, 15) is 10.2 Å². The van der Waals surface area contributed by atoms with Crippen molar-refractivity contribution < 1.29 is 10.2 Å².